The van der Waals surface area contributed by atoms with Crippen molar-refractivity contribution in [2.24, 2.45) is 5.16 Å². The maximum absolute atomic E-state index is 10.3. The van der Waals surface area contributed by atoms with Crippen molar-refractivity contribution in [3.05, 3.63) is 11.1 Å². The molecule has 13 heavy (non-hydrogen) atoms. The normalized spacial score (nSPS) is 10.9. The van der Waals surface area contributed by atoms with E-state index in [4.69, 9.17) is 5.21 Å². The van der Waals surface area contributed by atoms with Gasteiger partial charge in [-0.15, -0.1) is 11.3 Å². The molecule has 2 N–H and O–H groups in total. The molecule has 0 unspecified atom stereocenters. The monoisotopic (exact) mass is 199 g/mol. The Labute approximate surface area is 76.9 Å². The first-order chi connectivity index (χ1) is 6.31. The van der Waals surface area contributed by atoms with Crippen molar-refractivity contribution in [2.45, 2.75) is 0 Å². The summed E-state index contributed by atoms with van der Waals surface area (Å²) in [7, 11) is 0. The van der Waals surface area contributed by atoms with E-state index in [-0.39, 0.29) is 11.4 Å². The van der Waals surface area contributed by atoms with Crippen LogP contribution in [0.3, 0.4) is 0 Å². The van der Waals surface area contributed by atoms with Crippen molar-refractivity contribution >= 4 is 34.9 Å². The van der Waals surface area contributed by atoms with Crippen LogP contribution in [0, 0.1) is 0 Å². The molecular weight excluding hydrogens is 194 g/mol. The molecule has 6 nitrogen and oxygen atoms in total. The first-order valence-electron chi connectivity index (χ1n) is 3.15. The van der Waals surface area contributed by atoms with Gasteiger partial charge in [0.25, 0.3) is 0 Å². The maximum atomic E-state index is 10.3. The molecule has 7 heteroatoms. The summed E-state index contributed by atoms with van der Waals surface area (Å²) in [5.74, 6) is 0. The van der Waals surface area contributed by atoms with Crippen molar-refractivity contribution in [1.29, 1.82) is 0 Å². The van der Waals surface area contributed by atoms with Crippen molar-refractivity contribution in [1.82, 2.24) is 4.98 Å². The quantitative estimate of drug-likeness (QED) is 0.311. The zero-order valence-corrected chi connectivity index (χ0v) is 7.11. The molecule has 1 rings (SSSR count). The van der Waals surface area contributed by atoms with Gasteiger partial charge in [0.05, 0.1) is 0 Å². The van der Waals surface area contributed by atoms with Gasteiger partial charge in [-0.25, -0.2) is 4.98 Å². The Hall–Kier alpha value is -1.76. The molecule has 1 aromatic rings. The minimum atomic E-state index is -0.171. The summed E-state index contributed by atoms with van der Waals surface area (Å²) in [6, 6.07) is 0. The van der Waals surface area contributed by atoms with Crippen LogP contribution >= 0.6 is 11.3 Å². The smallest absolute Gasteiger partial charge is 0.213 e. The van der Waals surface area contributed by atoms with Gasteiger partial charge in [-0.05, 0) is 0 Å². The third-order valence-corrected chi connectivity index (χ3v) is 1.94. The van der Waals surface area contributed by atoms with Gasteiger partial charge in [0.1, 0.15) is 5.69 Å². The van der Waals surface area contributed by atoms with Crippen LogP contribution in [0.25, 0.3) is 0 Å². The summed E-state index contributed by atoms with van der Waals surface area (Å²) in [6.45, 7) is 0. The van der Waals surface area contributed by atoms with E-state index in [9.17, 15) is 9.59 Å². The Morgan fingerprint density at radius 3 is 3.00 bits per heavy atom. The molecule has 0 spiro atoms. The van der Waals surface area contributed by atoms with Crippen LogP contribution in [0.15, 0.2) is 10.5 Å². The molecule has 68 valence electrons. The molecule has 1 heterocycles. The lowest BCUT2D eigenvalue weighted by atomic mass is 10.3. The lowest BCUT2D eigenvalue weighted by Gasteiger charge is -1.88. The molecule has 0 aliphatic rings. The second-order valence-electron chi connectivity index (χ2n) is 1.90. The van der Waals surface area contributed by atoms with Crippen LogP contribution in [0.2, 0.25) is 0 Å². The molecule has 1 aromatic heterocycles. The van der Waals surface area contributed by atoms with Crippen LogP contribution in [-0.2, 0) is 9.59 Å². The summed E-state index contributed by atoms with van der Waals surface area (Å²) in [4.78, 5) is 24.1. The van der Waals surface area contributed by atoms with Gasteiger partial charge in [-0.1, -0.05) is 5.16 Å². The second-order valence-corrected chi connectivity index (χ2v) is 2.76. The predicted molar refractivity (Wildman–Crippen MR) is 46.2 cm³/mol. The first-order valence-corrected chi connectivity index (χ1v) is 4.03. The van der Waals surface area contributed by atoms with Crippen LogP contribution in [0.1, 0.15) is 5.69 Å². The number of carbonyl (C=O) groups excluding carboxylic acids is 2. The largest absolute Gasteiger partial charge is 0.410 e. The number of carbonyl (C=O) groups is 2. The molecule has 0 saturated carbocycles. The van der Waals surface area contributed by atoms with Gasteiger partial charge in [0.15, 0.2) is 17.1 Å². The minimum Gasteiger partial charge on any atom is -0.410 e. The van der Waals surface area contributed by atoms with E-state index in [0.29, 0.717) is 17.8 Å². The van der Waals surface area contributed by atoms with E-state index in [2.05, 4.69) is 15.5 Å². The maximum Gasteiger partial charge on any atom is 0.213 e. The minimum absolute atomic E-state index is 0.171. The summed E-state index contributed by atoms with van der Waals surface area (Å²) in [5, 5.41) is 15.2. The number of rotatable bonds is 4. The van der Waals surface area contributed by atoms with Crippen LogP contribution in [-0.4, -0.2) is 28.6 Å². The van der Waals surface area contributed by atoms with Gasteiger partial charge in [-0.3, -0.25) is 9.59 Å². The molecule has 0 radical (unpaired) electrons. The van der Waals surface area contributed by atoms with Gasteiger partial charge >= 0.3 is 0 Å². The molecular formula is C6H5N3O3S. The predicted octanol–water partition coefficient (Wildman–Crippen LogP) is 0.0886. The van der Waals surface area contributed by atoms with Crippen molar-refractivity contribution in [2.75, 3.05) is 5.32 Å². The number of thiazole rings is 1. The molecule has 0 saturated heterocycles. The van der Waals surface area contributed by atoms with Crippen molar-refractivity contribution < 1.29 is 14.8 Å². The van der Waals surface area contributed by atoms with Crippen molar-refractivity contribution in [3.8, 4) is 0 Å². The number of oxime groups is 1. The molecule has 0 aromatic carbocycles. The summed E-state index contributed by atoms with van der Waals surface area (Å²) in [5.41, 5.74) is 0.0575. The number of aromatic nitrogens is 1. The van der Waals surface area contributed by atoms with E-state index in [1.165, 1.54) is 5.38 Å². The first kappa shape index (κ1) is 9.33. The van der Waals surface area contributed by atoms with E-state index >= 15 is 0 Å². The standard InChI is InChI=1S/C6H5N3O3S/c10-1-4(9-12)5-2-13-6(8-5)7-3-11/h1-3,12H,(H,7,8,11)/b9-4-. The number of anilines is 1. The fraction of sp³-hybridized carbons (Fsp3) is 0. The zero-order valence-electron chi connectivity index (χ0n) is 6.30. The average Bonchev–Trinajstić information content (AvgIpc) is 2.56. The fourth-order valence-corrected chi connectivity index (χ4v) is 1.31. The SMILES string of the molecule is O=CNc1nc(/C(C=O)=N\O)cs1. The Kier molecular flexibility index (Phi) is 3.09. The Morgan fingerprint density at radius 2 is 2.46 bits per heavy atom. The Bertz CT molecular complexity index is 347. The van der Waals surface area contributed by atoms with Crippen LogP contribution < -0.4 is 5.32 Å². The van der Waals surface area contributed by atoms with E-state index in [1.807, 2.05) is 0 Å². The highest BCUT2D eigenvalue weighted by Crippen LogP contribution is 2.14. The Balaban J connectivity index is 2.90. The number of hydrogen-bond acceptors (Lipinski definition) is 6. The fourth-order valence-electron chi connectivity index (χ4n) is 0.643. The van der Waals surface area contributed by atoms with Crippen LogP contribution in [0.4, 0.5) is 5.13 Å². The van der Waals surface area contributed by atoms with Crippen LogP contribution in [0.5, 0.6) is 0 Å². The number of aldehydes is 1. The summed E-state index contributed by atoms with van der Waals surface area (Å²) in [6.07, 6.45) is 0.846. The van der Waals surface area contributed by atoms with Gasteiger partial charge in [0.2, 0.25) is 6.41 Å². The van der Waals surface area contributed by atoms with Crippen molar-refractivity contribution in [3.63, 3.8) is 0 Å². The van der Waals surface area contributed by atoms with E-state index in [1.54, 1.807) is 0 Å². The third kappa shape index (κ3) is 2.09. The van der Waals surface area contributed by atoms with Gasteiger partial charge < -0.3 is 10.5 Å². The third-order valence-electron chi connectivity index (χ3n) is 1.17. The number of nitrogens with zero attached hydrogens (tertiary/aromatic N) is 2. The summed E-state index contributed by atoms with van der Waals surface area (Å²) < 4.78 is 0. The van der Waals surface area contributed by atoms with E-state index < -0.39 is 0 Å². The molecule has 0 aliphatic carbocycles. The van der Waals surface area contributed by atoms with Gasteiger partial charge in [0, 0.05) is 5.38 Å². The van der Waals surface area contributed by atoms with E-state index in [0.717, 1.165) is 11.3 Å². The number of nitrogens with one attached hydrogen (secondary N) is 1. The summed E-state index contributed by atoms with van der Waals surface area (Å²) >= 11 is 1.13. The second kappa shape index (κ2) is 4.31. The lowest BCUT2D eigenvalue weighted by Crippen LogP contribution is -2.03. The number of amides is 1. The topological polar surface area (TPSA) is 91.7 Å². The zero-order chi connectivity index (χ0) is 9.68. The average molecular weight is 199 g/mol. The number of hydrogen-bond donors (Lipinski definition) is 2. The molecule has 0 bridgehead atoms. The highest BCUT2D eigenvalue weighted by molar-refractivity contribution is 7.14. The lowest BCUT2D eigenvalue weighted by molar-refractivity contribution is -0.105. The molecule has 0 aliphatic heterocycles. The Morgan fingerprint density at radius 1 is 1.69 bits per heavy atom. The van der Waals surface area contributed by atoms with Gasteiger partial charge in [-0.2, -0.15) is 0 Å². The highest BCUT2D eigenvalue weighted by Gasteiger charge is 2.07. The highest BCUT2D eigenvalue weighted by atomic mass is 32.1. The molecule has 1 amide bonds. The molecule has 0 atom stereocenters. The molecule has 0 fully saturated rings.